The van der Waals surface area contributed by atoms with Crippen molar-refractivity contribution in [2.75, 3.05) is 0 Å². The Morgan fingerprint density at radius 3 is 2.72 bits per heavy atom. The van der Waals surface area contributed by atoms with E-state index in [0.717, 1.165) is 11.2 Å². The molecule has 0 aliphatic rings. The number of benzene rings is 1. The van der Waals surface area contributed by atoms with E-state index >= 15 is 0 Å². The van der Waals surface area contributed by atoms with Crippen molar-refractivity contribution in [3.63, 3.8) is 0 Å². The van der Waals surface area contributed by atoms with Crippen LogP contribution >= 0.6 is 0 Å². The van der Waals surface area contributed by atoms with Crippen LogP contribution in [0.5, 0.6) is 0 Å². The van der Waals surface area contributed by atoms with Crippen molar-refractivity contribution < 1.29 is 4.79 Å². The van der Waals surface area contributed by atoms with Crippen LogP contribution < -0.4 is 5.32 Å². The summed E-state index contributed by atoms with van der Waals surface area (Å²) < 4.78 is 3.46. The molecule has 25 heavy (non-hydrogen) atoms. The minimum Gasteiger partial charge on any atom is -0.343 e. The van der Waals surface area contributed by atoms with E-state index in [1.165, 1.54) is 0 Å². The number of amides is 1. The molecule has 4 rings (SSSR count). The highest BCUT2D eigenvalue weighted by Crippen LogP contribution is 2.04. The van der Waals surface area contributed by atoms with E-state index in [4.69, 9.17) is 0 Å². The summed E-state index contributed by atoms with van der Waals surface area (Å²) >= 11 is 0. The van der Waals surface area contributed by atoms with Crippen molar-refractivity contribution in [3.05, 3.63) is 78.0 Å². The Hall–Kier alpha value is -3.55. The van der Waals surface area contributed by atoms with Gasteiger partial charge in [-0.15, -0.1) is 15.3 Å². The Morgan fingerprint density at radius 2 is 1.84 bits per heavy atom. The first-order valence-corrected chi connectivity index (χ1v) is 7.80. The molecule has 8 heteroatoms. The highest BCUT2D eigenvalue weighted by atomic mass is 16.2. The SMILES string of the molecule is O=C(NCc1nnc2ccccn12)c1cn(Cc2ccccc2)nn1. The molecule has 1 aromatic carbocycles. The van der Waals surface area contributed by atoms with E-state index in [1.54, 1.807) is 10.9 Å². The highest BCUT2D eigenvalue weighted by Gasteiger charge is 2.12. The Balaban J connectivity index is 1.41. The highest BCUT2D eigenvalue weighted by molar-refractivity contribution is 5.91. The Kier molecular flexibility index (Phi) is 3.91. The van der Waals surface area contributed by atoms with Crippen molar-refractivity contribution in [2.24, 2.45) is 0 Å². The van der Waals surface area contributed by atoms with Gasteiger partial charge in [-0.1, -0.05) is 41.6 Å². The lowest BCUT2D eigenvalue weighted by atomic mass is 10.2. The van der Waals surface area contributed by atoms with Gasteiger partial charge in [0.05, 0.1) is 19.3 Å². The average Bonchev–Trinajstić information content (AvgIpc) is 3.28. The van der Waals surface area contributed by atoms with Crippen LogP contribution in [0.3, 0.4) is 0 Å². The molecule has 4 aromatic rings. The van der Waals surface area contributed by atoms with E-state index in [2.05, 4.69) is 25.8 Å². The predicted molar refractivity (Wildman–Crippen MR) is 89.7 cm³/mol. The van der Waals surface area contributed by atoms with E-state index in [1.807, 2.05) is 59.1 Å². The van der Waals surface area contributed by atoms with Crippen molar-refractivity contribution in [2.45, 2.75) is 13.1 Å². The molecule has 0 aliphatic heterocycles. The van der Waals surface area contributed by atoms with Crippen LogP contribution in [0.25, 0.3) is 5.65 Å². The number of rotatable bonds is 5. The largest absolute Gasteiger partial charge is 0.343 e. The van der Waals surface area contributed by atoms with Gasteiger partial charge in [0, 0.05) is 6.20 Å². The maximum absolute atomic E-state index is 12.3. The summed E-state index contributed by atoms with van der Waals surface area (Å²) in [5.41, 5.74) is 2.10. The number of nitrogens with zero attached hydrogens (tertiary/aromatic N) is 6. The van der Waals surface area contributed by atoms with Crippen molar-refractivity contribution in [3.8, 4) is 0 Å². The van der Waals surface area contributed by atoms with Gasteiger partial charge in [-0.25, -0.2) is 4.68 Å². The number of carbonyl (C=O) groups excluding carboxylic acids is 1. The van der Waals surface area contributed by atoms with Crippen LogP contribution in [-0.4, -0.2) is 35.5 Å². The van der Waals surface area contributed by atoms with Crippen LogP contribution in [-0.2, 0) is 13.1 Å². The molecule has 0 radical (unpaired) electrons. The van der Waals surface area contributed by atoms with Crippen LogP contribution in [0.2, 0.25) is 0 Å². The van der Waals surface area contributed by atoms with E-state index in [-0.39, 0.29) is 18.1 Å². The summed E-state index contributed by atoms with van der Waals surface area (Å²) in [5, 5.41) is 18.9. The van der Waals surface area contributed by atoms with Gasteiger partial charge in [0.1, 0.15) is 0 Å². The second-order valence-electron chi connectivity index (χ2n) is 5.51. The fourth-order valence-electron chi connectivity index (χ4n) is 2.51. The number of fused-ring (bicyclic) bond motifs is 1. The van der Waals surface area contributed by atoms with Crippen LogP contribution in [0.4, 0.5) is 0 Å². The normalized spacial score (nSPS) is 10.9. The zero-order valence-electron chi connectivity index (χ0n) is 13.3. The second kappa shape index (κ2) is 6.52. The number of aromatic nitrogens is 6. The first kappa shape index (κ1) is 15.0. The topological polar surface area (TPSA) is 90.0 Å². The number of hydrogen-bond acceptors (Lipinski definition) is 5. The van der Waals surface area contributed by atoms with Gasteiger partial charge in [-0.05, 0) is 17.7 Å². The van der Waals surface area contributed by atoms with Gasteiger partial charge in [0.2, 0.25) is 0 Å². The molecule has 1 N–H and O–H groups in total. The number of nitrogens with one attached hydrogen (secondary N) is 1. The third kappa shape index (κ3) is 3.23. The zero-order chi connectivity index (χ0) is 17.1. The zero-order valence-corrected chi connectivity index (χ0v) is 13.3. The van der Waals surface area contributed by atoms with Gasteiger partial charge in [-0.3, -0.25) is 9.20 Å². The van der Waals surface area contributed by atoms with Gasteiger partial charge in [0.15, 0.2) is 17.2 Å². The minimum atomic E-state index is -0.299. The molecule has 0 fully saturated rings. The maximum atomic E-state index is 12.3. The maximum Gasteiger partial charge on any atom is 0.273 e. The molecule has 3 aromatic heterocycles. The van der Waals surface area contributed by atoms with E-state index < -0.39 is 0 Å². The standard InChI is InChI=1S/C17H15N7O/c25-17(18-10-16-21-20-15-8-4-5-9-24(15)16)14-12-23(22-19-14)11-13-6-2-1-3-7-13/h1-9,12H,10-11H2,(H,18,25). The lowest BCUT2D eigenvalue weighted by Crippen LogP contribution is -2.24. The third-order valence-corrected chi connectivity index (χ3v) is 3.75. The van der Waals surface area contributed by atoms with Crippen molar-refractivity contribution >= 4 is 11.6 Å². The quantitative estimate of drug-likeness (QED) is 0.594. The lowest BCUT2D eigenvalue weighted by Gasteiger charge is -2.01. The molecular formula is C17H15N7O. The van der Waals surface area contributed by atoms with E-state index in [9.17, 15) is 4.79 Å². The summed E-state index contributed by atoms with van der Waals surface area (Å²) in [6.45, 7) is 0.825. The van der Waals surface area contributed by atoms with Crippen molar-refractivity contribution in [1.82, 2.24) is 34.9 Å². The number of hydrogen-bond donors (Lipinski definition) is 1. The number of pyridine rings is 1. The molecular weight excluding hydrogens is 318 g/mol. The summed E-state index contributed by atoms with van der Waals surface area (Å²) in [6.07, 6.45) is 3.48. The predicted octanol–water partition coefficient (Wildman–Crippen LogP) is 1.30. The molecule has 0 unspecified atom stereocenters. The Labute approximate surface area is 143 Å². The fourth-order valence-corrected chi connectivity index (χ4v) is 2.51. The van der Waals surface area contributed by atoms with Crippen LogP contribution in [0.15, 0.2) is 60.9 Å². The monoisotopic (exact) mass is 333 g/mol. The van der Waals surface area contributed by atoms with Gasteiger partial charge in [-0.2, -0.15) is 0 Å². The molecule has 1 amide bonds. The molecule has 8 nitrogen and oxygen atoms in total. The van der Waals surface area contributed by atoms with Crippen molar-refractivity contribution in [1.29, 1.82) is 0 Å². The molecule has 0 saturated heterocycles. The molecule has 0 bridgehead atoms. The van der Waals surface area contributed by atoms with Crippen LogP contribution in [0, 0.1) is 0 Å². The van der Waals surface area contributed by atoms with Gasteiger partial charge in [0.25, 0.3) is 5.91 Å². The summed E-state index contributed by atoms with van der Waals surface area (Å²) in [4.78, 5) is 12.3. The van der Waals surface area contributed by atoms with Gasteiger partial charge >= 0.3 is 0 Å². The summed E-state index contributed by atoms with van der Waals surface area (Å²) in [6, 6.07) is 15.5. The average molecular weight is 333 g/mol. The minimum absolute atomic E-state index is 0.259. The first-order valence-electron chi connectivity index (χ1n) is 7.80. The first-order chi connectivity index (χ1) is 12.3. The molecule has 0 saturated carbocycles. The molecule has 3 heterocycles. The summed E-state index contributed by atoms with van der Waals surface area (Å²) in [7, 11) is 0. The third-order valence-electron chi connectivity index (χ3n) is 3.75. The molecule has 0 spiro atoms. The van der Waals surface area contributed by atoms with E-state index in [0.29, 0.717) is 12.4 Å². The Morgan fingerprint density at radius 1 is 1.00 bits per heavy atom. The van der Waals surface area contributed by atoms with Crippen LogP contribution in [0.1, 0.15) is 21.9 Å². The smallest absolute Gasteiger partial charge is 0.273 e. The Bertz CT molecular complexity index is 1010. The number of carbonyl (C=O) groups is 1. The molecule has 0 atom stereocenters. The molecule has 124 valence electrons. The second-order valence-corrected chi connectivity index (χ2v) is 5.51. The van der Waals surface area contributed by atoms with Gasteiger partial charge < -0.3 is 5.32 Å². The lowest BCUT2D eigenvalue weighted by molar-refractivity contribution is 0.0944. The fraction of sp³-hybridized carbons (Fsp3) is 0.118. The summed E-state index contributed by atoms with van der Waals surface area (Å²) in [5.74, 6) is 0.354. The molecule has 0 aliphatic carbocycles.